The number of nitrogens with one attached hydrogen (secondary N) is 1. The molecular formula is C11H12N2S. The molecule has 0 saturated carbocycles. The maximum Gasteiger partial charge on any atom is 0.139 e. The molecule has 0 aromatic heterocycles. The van der Waals surface area contributed by atoms with Gasteiger partial charge in [-0.3, -0.25) is 0 Å². The molecule has 72 valence electrons. The van der Waals surface area contributed by atoms with E-state index < -0.39 is 0 Å². The summed E-state index contributed by atoms with van der Waals surface area (Å²) in [5.41, 5.74) is 3.37. The molecule has 0 bridgehead atoms. The van der Waals surface area contributed by atoms with Crippen LogP contribution >= 0.6 is 12.2 Å². The minimum absolute atomic E-state index is 0.710. The van der Waals surface area contributed by atoms with Crippen molar-refractivity contribution in [2.75, 3.05) is 0 Å². The maximum atomic E-state index is 5.19. The van der Waals surface area contributed by atoms with Crippen LogP contribution in [0.15, 0.2) is 18.2 Å². The quantitative estimate of drug-likeness (QED) is 0.723. The molecule has 2 aliphatic heterocycles. The van der Waals surface area contributed by atoms with Crippen molar-refractivity contribution >= 4 is 12.2 Å². The van der Waals surface area contributed by atoms with Gasteiger partial charge < -0.3 is 4.98 Å². The fourth-order valence-corrected chi connectivity index (χ4v) is 1.77. The average Bonchev–Trinajstić information content (AvgIpc) is 2.16. The third kappa shape index (κ3) is 1.55. The normalized spacial score (nSPS) is 10.7. The molecule has 14 heavy (non-hydrogen) atoms. The summed E-state index contributed by atoms with van der Waals surface area (Å²) in [7, 11) is 0. The predicted molar refractivity (Wildman–Crippen MR) is 60.2 cm³/mol. The Hall–Kier alpha value is -1.22. The zero-order valence-electron chi connectivity index (χ0n) is 8.29. The number of H-pyrrole nitrogens is 1. The number of aryl methyl sites for hydroxylation is 2. The molecule has 2 rings (SSSR count). The van der Waals surface area contributed by atoms with Gasteiger partial charge in [-0.2, -0.15) is 0 Å². The SMILES string of the molecule is CCc1cc2ccc(C)[nH]c-2nc1=S. The van der Waals surface area contributed by atoms with Gasteiger partial charge in [0.2, 0.25) is 0 Å². The second-order valence-corrected chi connectivity index (χ2v) is 3.77. The molecule has 0 unspecified atom stereocenters. The molecule has 0 aromatic carbocycles. The van der Waals surface area contributed by atoms with Crippen molar-refractivity contribution in [1.82, 2.24) is 9.97 Å². The van der Waals surface area contributed by atoms with E-state index >= 15 is 0 Å². The van der Waals surface area contributed by atoms with E-state index in [0.29, 0.717) is 4.64 Å². The largest absolute Gasteiger partial charge is 0.344 e. The second kappa shape index (κ2) is 3.50. The highest BCUT2D eigenvalue weighted by molar-refractivity contribution is 7.71. The minimum atomic E-state index is 0.710. The van der Waals surface area contributed by atoms with Crippen molar-refractivity contribution in [2.24, 2.45) is 0 Å². The van der Waals surface area contributed by atoms with Gasteiger partial charge in [0.1, 0.15) is 10.5 Å². The number of aromatic amines is 1. The molecule has 2 aliphatic rings. The molecule has 1 N–H and O–H groups in total. The highest BCUT2D eigenvalue weighted by atomic mass is 32.1. The third-order valence-electron chi connectivity index (χ3n) is 2.30. The predicted octanol–water partition coefficient (Wildman–Crippen LogP) is 3.11. The molecule has 0 atom stereocenters. The summed E-state index contributed by atoms with van der Waals surface area (Å²) in [5, 5.41) is 0. The average molecular weight is 204 g/mol. The van der Waals surface area contributed by atoms with Gasteiger partial charge in [0, 0.05) is 11.3 Å². The minimum Gasteiger partial charge on any atom is -0.344 e. The van der Waals surface area contributed by atoms with Crippen LogP contribution in [0.3, 0.4) is 0 Å². The zero-order chi connectivity index (χ0) is 10.1. The molecule has 0 radical (unpaired) electrons. The molecule has 0 spiro atoms. The summed E-state index contributed by atoms with van der Waals surface area (Å²) in [6.45, 7) is 4.11. The second-order valence-electron chi connectivity index (χ2n) is 3.39. The van der Waals surface area contributed by atoms with E-state index in [9.17, 15) is 0 Å². The fourth-order valence-electron chi connectivity index (χ4n) is 1.48. The first-order valence-electron chi connectivity index (χ1n) is 4.70. The van der Waals surface area contributed by atoms with E-state index in [1.807, 2.05) is 13.0 Å². The lowest BCUT2D eigenvalue weighted by molar-refractivity contribution is 1.05. The Morgan fingerprint density at radius 2 is 2.21 bits per heavy atom. The number of rotatable bonds is 1. The van der Waals surface area contributed by atoms with Gasteiger partial charge in [-0.15, -0.1) is 0 Å². The first kappa shape index (κ1) is 9.34. The van der Waals surface area contributed by atoms with Gasteiger partial charge in [0.15, 0.2) is 0 Å². The Morgan fingerprint density at radius 3 is 2.93 bits per heavy atom. The van der Waals surface area contributed by atoms with Gasteiger partial charge in [-0.25, -0.2) is 4.98 Å². The summed E-state index contributed by atoms with van der Waals surface area (Å²) in [6, 6.07) is 6.23. The zero-order valence-corrected chi connectivity index (χ0v) is 9.11. The van der Waals surface area contributed by atoms with Gasteiger partial charge in [0.05, 0.1) is 0 Å². The van der Waals surface area contributed by atoms with Crippen LogP contribution in [-0.2, 0) is 6.42 Å². The number of aromatic nitrogens is 2. The Morgan fingerprint density at radius 1 is 1.43 bits per heavy atom. The molecule has 0 saturated heterocycles. The molecule has 0 fully saturated rings. The van der Waals surface area contributed by atoms with Crippen molar-refractivity contribution in [3.63, 3.8) is 0 Å². The first-order valence-corrected chi connectivity index (χ1v) is 5.11. The van der Waals surface area contributed by atoms with Crippen LogP contribution in [-0.4, -0.2) is 9.97 Å². The van der Waals surface area contributed by atoms with E-state index in [-0.39, 0.29) is 0 Å². The summed E-state index contributed by atoms with van der Waals surface area (Å²) in [4.78, 5) is 7.57. The third-order valence-corrected chi connectivity index (χ3v) is 2.65. The monoisotopic (exact) mass is 204 g/mol. The molecule has 0 aliphatic carbocycles. The summed E-state index contributed by atoms with van der Waals surface area (Å²) in [5.74, 6) is 0.882. The van der Waals surface area contributed by atoms with Crippen LogP contribution in [0.25, 0.3) is 11.4 Å². The summed E-state index contributed by atoms with van der Waals surface area (Å²) in [6.07, 6.45) is 0.940. The fraction of sp³-hybridized carbons (Fsp3) is 0.273. The van der Waals surface area contributed by atoms with Gasteiger partial charge in [-0.05, 0) is 37.1 Å². The molecule has 2 nitrogen and oxygen atoms in total. The topological polar surface area (TPSA) is 28.7 Å². The summed E-state index contributed by atoms with van der Waals surface area (Å²) >= 11 is 5.19. The molecule has 3 heteroatoms. The lowest BCUT2D eigenvalue weighted by atomic mass is 10.1. The van der Waals surface area contributed by atoms with Crippen LogP contribution in [0.5, 0.6) is 0 Å². The van der Waals surface area contributed by atoms with Gasteiger partial charge in [0.25, 0.3) is 0 Å². The van der Waals surface area contributed by atoms with Crippen molar-refractivity contribution < 1.29 is 0 Å². The molecule has 0 amide bonds. The Bertz CT molecular complexity index is 487. The number of hydrogen-bond donors (Lipinski definition) is 1. The van der Waals surface area contributed by atoms with Crippen LogP contribution < -0.4 is 0 Å². The maximum absolute atomic E-state index is 5.19. The Kier molecular flexibility index (Phi) is 2.33. The molecular weight excluding hydrogens is 192 g/mol. The van der Waals surface area contributed by atoms with Gasteiger partial charge in [-0.1, -0.05) is 19.1 Å². The van der Waals surface area contributed by atoms with Crippen LogP contribution in [0, 0.1) is 11.6 Å². The molecule has 2 heterocycles. The van der Waals surface area contributed by atoms with E-state index in [0.717, 1.165) is 29.1 Å². The van der Waals surface area contributed by atoms with Crippen LogP contribution in [0.2, 0.25) is 0 Å². The Balaban J connectivity index is 2.75. The van der Waals surface area contributed by atoms with Crippen molar-refractivity contribution in [3.8, 4) is 11.4 Å². The number of pyridine rings is 2. The van der Waals surface area contributed by atoms with E-state index in [1.54, 1.807) is 0 Å². The van der Waals surface area contributed by atoms with Crippen LogP contribution in [0.1, 0.15) is 18.2 Å². The van der Waals surface area contributed by atoms with E-state index in [4.69, 9.17) is 12.2 Å². The van der Waals surface area contributed by atoms with Crippen LogP contribution in [0.4, 0.5) is 0 Å². The number of hydrogen-bond acceptors (Lipinski definition) is 2. The van der Waals surface area contributed by atoms with Crippen molar-refractivity contribution in [3.05, 3.63) is 34.1 Å². The first-order chi connectivity index (χ1) is 6.70. The van der Waals surface area contributed by atoms with E-state index in [1.165, 1.54) is 0 Å². The standard InChI is InChI=1S/C11H12N2S/c1-3-8-6-9-5-4-7(2)12-10(9)13-11(8)14/h4-6H,3H2,1-2H3,(H,12,13,14). The number of fused-ring (bicyclic) bond motifs is 1. The summed E-state index contributed by atoms with van der Waals surface area (Å²) < 4.78 is 0.710. The van der Waals surface area contributed by atoms with Crippen molar-refractivity contribution in [2.45, 2.75) is 20.3 Å². The lowest BCUT2D eigenvalue weighted by Gasteiger charge is -2.07. The number of nitrogens with zero attached hydrogens (tertiary/aromatic N) is 1. The van der Waals surface area contributed by atoms with E-state index in [2.05, 4.69) is 29.0 Å². The van der Waals surface area contributed by atoms with Crippen molar-refractivity contribution in [1.29, 1.82) is 0 Å². The smallest absolute Gasteiger partial charge is 0.139 e. The highest BCUT2D eigenvalue weighted by Crippen LogP contribution is 2.19. The van der Waals surface area contributed by atoms with Gasteiger partial charge >= 0.3 is 0 Å². The Labute approximate surface area is 88.4 Å². The lowest BCUT2D eigenvalue weighted by Crippen LogP contribution is -1.96. The highest BCUT2D eigenvalue weighted by Gasteiger charge is 2.05. The molecule has 0 aromatic rings.